The van der Waals surface area contributed by atoms with Crippen LogP contribution in [0.5, 0.6) is 0 Å². The van der Waals surface area contributed by atoms with Gasteiger partial charge in [-0.1, -0.05) is 0 Å². The monoisotopic (exact) mass is 384 g/mol. The lowest BCUT2D eigenvalue weighted by atomic mass is 10.4. The van der Waals surface area contributed by atoms with Gasteiger partial charge in [-0.05, 0) is 0 Å². The van der Waals surface area contributed by atoms with Gasteiger partial charge in [-0.15, -0.1) is 0 Å². The molecule has 0 bridgehead atoms. The molecule has 0 atom stereocenters. The minimum absolute atomic E-state index is 0.0626. The molecule has 0 aromatic heterocycles. The predicted octanol–water partition coefficient (Wildman–Crippen LogP) is 0.723. The summed E-state index contributed by atoms with van der Waals surface area (Å²) in [6.07, 6.45) is 0.832. The van der Waals surface area contributed by atoms with Crippen LogP contribution in [0.4, 0.5) is 0 Å². The van der Waals surface area contributed by atoms with Crippen molar-refractivity contribution in [2.24, 2.45) is 0 Å². The van der Waals surface area contributed by atoms with Gasteiger partial charge in [0.1, 0.15) is 13.6 Å². The number of aliphatic carboxylic acids is 1. The lowest BCUT2D eigenvalue weighted by Gasteiger charge is -2.37. The maximum atomic E-state index is 10.7. The van der Waals surface area contributed by atoms with Crippen LogP contribution >= 0.6 is 0 Å². The summed E-state index contributed by atoms with van der Waals surface area (Å²) < 4.78 is 34.0. The molecule has 142 valence electrons. The van der Waals surface area contributed by atoms with E-state index >= 15 is 0 Å². The Kier molecular flexibility index (Phi) is 8.45. The molecule has 0 aromatic rings. The minimum Gasteiger partial charge on any atom is -0.481 e. The maximum absolute atomic E-state index is 10.7. The molecule has 0 aliphatic carbocycles. The van der Waals surface area contributed by atoms with Gasteiger partial charge in [-0.2, -0.15) is 0 Å². The van der Waals surface area contributed by atoms with E-state index in [2.05, 4.69) is 21.1 Å². The number of carbonyl (C=O) groups is 1. The van der Waals surface area contributed by atoms with E-state index in [9.17, 15) is 4.79 Å². The zero-order valence-electron chi connectivity index (χ0n) is 15.2. The third-order valence-electron chi connectivity index (χ3n) is 3.69. The average molecular weight is 385 g/mol. The number of carboxylic acids is 1. The predicted molar refractivity (Wildman–Crippen MR) is 89.0 cm³/mol. The zero-order valence-corrected chi connectivity index (χ0v) is 17.2. The van der Waals surface area contributed by atoms with Gasteiger partial charge in [-0.3, -0.25) is 4.79 Å². The van der Waals surface area contributed by atoms with Crippen LogP contribution in [0.1, 0.15) is 12.8 Å². The summed E-state index contributed by atoms with van der Waals surface area (Å²) in [5.41, 5.74) is 0. The Morgan fingerprint density at radius 1 is 1.25 bits per heavy atom. The fourth-order valence-corrected chi connectivity index (χ4v) is 5.85. The fraction of sp³-hybridized carbons (Fsp3) is 0.923. The number of hydrogen-bond donors (Lipinski definition) is 1. The first-order valence-corrected chi connectivity index (χ1v) is 11.7. The van der Waals surface area contributed by atoms with Crippen molar-refractivity contribution in [3.05, 3.63) is 0 Å². The van der Waals surface area contributed by atoms with Crippen molar-refractivity contribution < 1.29 is 40.9 Å². The summed E-state index contributed by atoms with van der Waals surface area (Å²) in [6, 6.07) is 0.895. The molecule has 1 rings (SSSR count). The van der Waals surface area contributed by atoms with E-state index in [1.165, 1.54) is 0 Å². The summed E-state index contributed by atoms with van der Waals surface area (Å²) in [7, 11) is 3.79. The smallest absolute Gasteiger partial charge is 0.481 e. The van der Waals surface area contributed by atoms with E-state index < -0.39 is 23.6 Å². The summed E-state index contributed by atoms with van der Waals surface area (Å²) in [5, 5.41) is 8.78. The lowest BCUT2D eigenvalue weighted by molar-refractivity contribution is -0.870. The van der Waals surface area contributed by atoms with Crippen LogP contribution in [-0.4, -0.2) is 88.7 Å². The fourth-order valence-electron chi connectivity index (χ4n) is 2.21. The van der Waals surface area contributed by atoms with Gasteiger partial charge in [0, 0.05) is 39.1 Å². The van der Waals surface area contributed by atoms with Crippen molar-refractivity contribution in [2.75, 3.05) is 55.5 Å². The molecule has 0 amide bonds. The molecule has 1 aliphatic heterocycles. The minimum atomic E-state index is -2.89. The molecule has 1 aliphatic rings. The SMILES string of the molecule is CO[Si](CCC[N+](C)(C)C)(OC)OCO[Si]1(CCC(=O)O)OCO1. The van der Waals surface area contributed by atoms with Gasteiger partial charge < -0.3 is 36.1 Å². The topological polar surface area (TPSA) is 92.7 Å². The molecule has 0 unspecified atom stereocenters. The second-order valence-electron chi connectivity index (χ2n) is 6.60. The van der Waals surface area contributed by atoms with E-state index in [-0.39, 0.29) is 26.1 Å². The number of nitrogens with zero attached hydrogens (tertiary/aromatic N) is 1. The Morgan fingerprint density at radius 3 is 2.29 bits per heavy atom. The lowest BCUT2D eigenvalue weighted by Crippen LogP contribution is -2.56. The highest BCUT2D eigenvalue weighted by Gasteiger charge is 2.50. The van der Waals surface area contributed by atoms with Crippen molar-refractivity contribution in [3.8, 4) is 0 Å². The van der Waals surface area contributed by atoms with E-state index in [0.717, 1.165) is 17.4 Å². The molecule has 0 radical (unpaired) electrons. The van der Waals surface area contributed by atoms with Crippen LogP contribution in [0.2, 0.25) is 12.1 Å². The number of quaternary nitrogens is 1. The highest BCUT2D eigenvalue weighted by Crippen LogP contribution is 2.26. The van der Waals surface area contributed by atoms with Gasteiger partial charge in [0.2, 0.25) is 0 Å². The van der Waals surface area contributed by atoms with E-state index in [1.807, 2.05) is 0 Å². The molecule has 1 heterocycles. The van der Waals surface area contributed by atoms with Crippen molar-refractivity contribution >= 4 is 23.6 Å². The van der Waals surface area contributed by atoms with Crippen molar-refractivity contribution in [2.45, 2.75) is 24.9 Å². The Balaban J connectivity index is 2.45. The first-order chi connectivity index (χ1) is 11.2. The Bertz CT molecular complexity index is 396. The number of hydrogen-bond acceptors (Lipinski definition) is 7. The van der Waals surface area contributed by atoms with Gasteiger partial charge >= 0.3 is 23.6 Å². The number of carboxylic acid groups (broad SMARTS) is 1. The molecule has 0 spiro atoms. The molecule has 1 saturated heterocycles. The normalized spacial score (nSPS) is 17.5. The summed E-state index contributed by atoms with van der Waals surface area (Å²) in [5.74, 6) is -0.914. The maximum Gasteiger partial charge on any atom is 0.506 e. The molecule has 1 N–H and O–H groups in total. The van der Waals surface area contributed by atoms with Crippen molar-refractivity contribution in [1.29, 1.82) is 0 Å². The van der Waals surface area contributed by atoms with E-state index in [4.69, 9.17) is 31.7 Å². The quantitative estimate of drug-likeness (QED) is 0.282. The second kappa shape index (κ2) is 9.36. The van der Waals surface area contributed by atoms with Crippen LogP contribution in [0.25, 0.3) is 0 Å². The standard InChI is InChI=1S/C13H29NO8Si2/c1-14(2,3)8-6-9-23(17-4,18-5)19-11-20-24(21-12-22-24)10-7-13(15)16/h6-12H2,1-5H3/p+1. The highest BCUT2D eigenvalue weighted by atomic mass is 28.4. The summed E-state index contributed by atoms with van der Waals surface area (Å²) in [4.78, 5) is 10.7. The highest BCUT2D eigenvalue weighted by molar-refractivity contribution is 6.63. The molecule has 9 nitrogen and oxygen atoms in total. The molecule has 11 heteroatoms. The van der Waals surface area contributed by atoms with Gasteiger partial charge in [0.05, 0.1) is 27.7 Å². The summed E-state index contributed by atoms with van der Waals surface area (Å²) in [6.45, 7) is 1.01. The van der Waals surface area contributed by atoms with Crippen LogP contribution in [0.3, 0.4) is 0 Å². The van der Waals surface area contributed by atoms with Crippen molar-refractivity contribution in [3.63, 3.8) is 0 Å². The van der Waals surface area contributed by atoms with E-state index in [0.29, 0.717) is 6.04 Å². The van der Waals surface area contributed by atoms with Gasteiger partial charge in [-0.25, -0.2) is 0 Å². The largest absolute Gasteiger partial charge is 0.506 e. The Labute approximate surface area is 145 Å². The van der Waals surface area contributed by atoms with Crippen LogP contribution in [0, 0.1) is 0 Å². The zero-order chi connectivity index (χ0) is 18.3. The third-order valence-corrected chi connectivity index (χ3v) is 9.00. The van der Waals surface area contributed by atoms with Crippen LogP contribution in [-0.2, 0) is 31.4 Å². The van der Waals surface area contributed by atoms with Crippen LogP contribution in [0.15, 0.2) is 0 Å². The first kappa shape index (κ1) is 21.7. The molecule has 0 aromatic carbocycles. The Morgan fingerprint density at radius 2 is 1.88 bits per heavy atom. The third kappa shape index (κ3) is 7.25. The molecular weight excluding hydrogens is 354 g/mol. The molecule has 1 fully saturated rings. The van der Waals surface area contributed by atoms with Crippen molar-refractivity contribution in [1.82, 2.24) is 0 Å². The molecule has 0 saturated carbocycles. The molecular formula is C13H30NO8Si2+. The van der Waals surface area contributed by atoms with Crippen LogP contribution < -0.4 is 0 Å². The van der Waals surface area contributed by atoms with E-state index in [1.54, 1.807) is 14.2 Å². The molecule has 24 heavy (non-hydrogen) atoms. The first-order valence-electron chi connectivity index (χ1n) is 7.84. The Hall–Kier alpha value is -0.376. The second-order valence-corrected chi connectivity index (χ2v) is 12.3. The van der Waals surface area contributed by atoms with Gasteiger partial charge in [0.25, 0.3) is 0 Å². The number of rotatable bonds is 13. The summed E-state index contributed by atoms with van der Waals surface area (Å²) >= 11 is 0. The average Bonchev–Trinajstić information content (AvgIpc) is 2.46. The van der Waals surface area contributed by atoms with Gasteiger partial charge in [0.15, 0.2) is 0 Å².